The van der Waals surface area contributed by atoms with Gasteiger partial charge in [-0.3, -0.25) is 24.0 Å². The van der Waals surface area contributed by atoms with Crippen LogP contribution in [0.1, 0.15) is 81.8 Å². The lowest BCUT2D eigenvalue weighted by Gasteiger charge is -2.27. The van der Waals surface area contributed by atoms with E-state index in [4.69, 9.17) is 0 Å². The summed E-state index contributed by atoms with van der Waals surface area (Å²) in [6.07, 6.45) is 11.2. The van der Waals surface area contributed by atoms with Gasteiger partial charge in [0.05, 0.1) is 6.04 Å². The molecular weight excluding hydrogens is 528 g/mol. The Hall–Kier alpha value is -3.87. The van der Waals surface area contributed by atoms with Crippen LogP contribution in [0.3, 0.4) is 0 Å². The van der Waals surface area contributed by atoms with Crippen LogP contribution >= 0.6 is 0 Å². The van der Waals surface area contributed by atoms with Crippen molar-refractivity contribution in [3.8, 4) is 0 Å². The van der Waals surface area contributed by atoms with Gasteiger partial charge in [0.15, 0.2) is 5.78 Å². The van der Waals surface area contributed by atoms with Gasteiger partial charge < -0.3 is 10.6 Å². The molecule has 1 unspecified atom stereocenters. The minimum atomic E-state index is -1.12. The number of hydrogen-bond donors (Lipinski definition) is 2. The molecule has 0 bridgehead atoms. The SMILES string of the molecule is O=C(/C=C/c1ccccc1)CC(CC1CCCCC1)C(=O)N[C@@H](C[C@@H]1CCCC1=O)C(=O)C(=O)NCc1ccccc1. The van der Waals surface area contributed by atoms with Crippen LogP contribution in [-0.2, 0) is 30.5 Å². The van der Waals surface area contributed by atoms with E-state index in [1.807, 2.05) is 60.7 Å². The maximum absolute atomic E-state index is 13.7. The molecule has 3 atom stereocenters. The Labute approximate surface area is 248 Å². The van der Waals surface area contributed by atoms with E-state index >= 15 is 0 Å². The summed E-state index contributed by atoms with van der Waals surface area (Å²) >= 11 is 0. The molecule has 0 heterocycles. The van der Waals surface area contributed by atoms with Crippen molar-refractivity contribution in [2.24, 2.45) is 17.8 Å². The highest BCUT2D eigenvalue weighted by molar-refractivity contribution is 6.38. The third-order valence-corrected chi connectivity index (χ3v) is 8.53. The number of carbonyl (C=O) groups is 5. The van der Waals surface area contributed by atoms with Crippen LogP contribution in [0.25, 0.3) is 6.08 Å². The van der Waals surface area contributed by atoms with E-state index in [9.17, 15) is 24.0 Å². The minimum Gasteiger partial charge on any atom is -0.345 e. The van der Waals surface area contributed by atoms with Gasteiger partial charge in [-0.1, -0.05) is 98.8 Å². The lowest BCUT2D eigenvalue weighted by Crippen LogP contribution is -2.50. The van der Waals surface area contributed by atoms with Crippen molar-refractivity contribution < 1.29 is 24.0 Å². The zero-order valence-corrected chi connectivity index (χ0v) is 24.3. The number of amides is 2. The van der Waals surface area contributed by atoms with Crippen LogP contribution in [0.4, 0.5) is 0 Å². The average molecular weight is 571 g/mol. The molecule has 2 N–H and O–H groups in total. The molecule has 2 aromatic carbocycles. The third-order valence-electron chi connectivity index (χ3n) is 8.53. The maximum Gasteiger partial charge on any atom is 0.289 e. The van der Waals surface area contributed by atoms with Crippen LogP contribution in [0, 0.1) is 17.8 Å². The van der Waals surface area contributed by atoms with Gasteiger partial charge in [-0.15, -0.1) is 0 Å². The Morgan fingerprint density at radius 1 is 0.833 bits per heavy atom. The number of carbonyl (C=O) groups excluding carboxylic acids is 5. The van der Waals surface area contributed by atoms with E-state index in [0.29, 0.717) is 25.2 Å². The number of allylic oxidation sites excluding steroid dienone is 1. The van der Waals surface area contributed by atoms with Crippen molar-refractivity contribution in [2.45, 2.75) is 83.2 Å². The first kappa shape index (κ1) is 31.1. The monoisotopic (exact) mass is 570 g/mol. The third kappa shape index (κ3) is 9.61. The fourth-order valence-electron chi connectivity index (χ4n) is 6.14. The number of hydrogen-bond acceptors (Lipinski definition) is 5. The van der Waals surface area contributed by atoms with Gasteiger partial charge >= 0.3 is 0 Å². The Kier molecular flexibility index (Phi) is 11.8. The van der Waals surface area contributed by atoms with E-state index in [0.717, 1.165) is 43.2 Å². The zero-order valence-electron chi connectivity index (χ0n) is 24.3. The molecule has 2 aromatic rings. The summed E-state index contributed by atoms with van der Waals surface area (Å²) in [7, 11) is 0. The first-order valence-electron chi connectivity index (χ1n) is 15.3. The van der Waals surface area contributed by atoms with Gasteiger partial charge in [-0.2, -0.15) is 0 Å². The molecule has 2 saturated carbocycles. The van der Waals surface area contributed by atoms with Crippen LogP contribution in [0.2, 0.25) is 0 Å². The van der Waals surface area contributed by atoms with Gasteiger partial charge in [-0.25, -0.2) is 0 Å². The molecule has 2 aliphatic rings. The van der Waals surface area contributed by atoms with Crippen molar-refractivity contribution in [3.63, 3.8) is 0 Å². The standard InChI is InChI=1S/C35H42N2O5/c38-30(20-19-25-11-4-1-5-12-25)22-29(21-26-13-6-2-7-14-26)34(41)37-31(23-28-17-10-18-32(28)39)33(40)35(42)36-24-27-15-8-3-9-16-27/h1,3-5,8-9,11-12,15-16,19-20,26,28-29,31H,2,6-7,10,13-14,17-18,21-24H2,(H,36,42)(H,37,41)/b20-19+/t28-,29?,31-/m0/s1. The van der Waals surface area contributed by atoms with Crippen molar-refractivity contribution in [3.05, 3.63) is 77.9 Å². The Morgan fingerprint density at radius 3 is 2.19 bits per heavy atom. The summed E-state index contributed by atoms with van der Waals surface area (Å²) in [4.78, 5) is 65.5. The molecule has 0 radical (unpaired) electrons. The Bertz CT molecular complexity index is 1250. The number of ketones is 3. The molecule has 0 aromatic heterocycles. The normalized spacial score (nSPS) is 18.9. The summed E-state index contributed by atoms with van der Waals surface area (Å²) in [6.45, 7) is 0.182. The molecular formula is C35H42N2O5. The van der Waals surface area contributed by atoms with E-state index in [1.165, 1.54) is 12.5 Å². The molecule has 0 aliphatic heterocycles. The van der Waals surface area contributed by atoms with Crippen molar-refractivity contribution in [2.75, 3.05) is 0 Å². The van der Waals surface area contributed by atoms with Crippen molar-refractivity contribution in [1.82, 2.24) is 10.6 Å². The van der Waals surface area contributed by atoms with Gasteiger partial charge in [0.2, 0.25) is 11.7 Å². The molecule has 2 fully saturated rings. The Morgan fingerprint density at radius 2 is 1.52 bits per heavy atom. The van der Waals surface area contributed by atoms with E-state index in [2.05, 4.69) is 10.6 Å². The molecule has 2 amide bonds. The highest BCUT2D eigenvalue weighted by Crippen LogP contribution is 2.31. The maximum atomic E-state index is 13.7. The van der Waals surface area contributed by atoms with E-state index < -0.39 is 29.6 Å². The zero-order chi connectivity index (χ0) is 29.7. The topological polar surface area (TPSA) is 109 Å². The molecule has 4 rings (SSSR count). The summed E-state index contributed by atoms with van der Waals surface area (Å²) in [5.41, 5.74) is 1.74. The molecule has 222 valence electrons. The van der Waals surface area contributed by atoms with Crippen LogP contribution in [0.5, 0.6) is 0 Å². The fourth-order valence-corrected chi connectivity index (χ4v) is 6.14. The van der Waals surface area contributed by atoms with Gasteiger partial charge in [0.25, 0.3) is 5.91 Å². The van der Waals surface area contributed by atoms with E-state index in [1.54, 1.807) is 6.08 Å². The van der Waals surface area contributed by atoms with Crippen LogP contribution in [-0.4, -0.2) is 35.2 Å². The number of Topliss-reactive ketones (excluding diaryl/α,β-unsaturated/α-hetero) is 2. The smallest absolute Gasteiger partial charge is 0.289 e. The van der Waals surface area contributed by atoms with Crippen molar-refractivity contribution >= 4 is 35.2 Å². The van der Waals surface area contributed by atoms with Crippen LogP contribution < -0.4 is 10.6 Å². The predicted octanol–water partition coefficient (Wildman–Crippen LogP) is 5.38. The second-order valence-electron chi connectivity index (χ2n) is 11.7. The first-order chi connectivity index (χ1) is 20.4. The average Bonchev–Trinajstić information content (AvgIpc) is 3.43. The van der Waals surface area contributed by atoms with Gasteiger partial charge in [0.1, 0.15) is 5.78 Å². The lowest BCUT2D eigenvalue weighted by molar-refractivity contribution is -0.141. The fraction of sp³-hybridized carbons (Fsp3) is 0.457. The second-order valence-corrected chi connectivity index (χ2v) is 11.7. The molecule has 7 nitrogen and oxygen atoms in total. The quantitative estimate of drug-likeness (QED) is 0.234. The lowest BCUT2D eigenvalue weighted by atomic mass is 9.80. The molecule has 0 saturated heterocycles. The van der Waals surface area contributed by atoms with E-state index in [-0.39, 0.29) is 36.9 Å². The molecule has 2 aliphatic carbocycles. The minimum absolute atomic E-state index is 0.0230. The highest BCUT2D eigenvalue weighted by atomic mass is 16.2. The van der Waals surface area contributed by atoms with Crippen molar-refractivity contribution in [1.29, 1.82) is 0 Å². The molecule has 0 spiro atoms. The summed E-state index contributed by atoms with van der Waals surface area (Å²) < 4.78 is 0. The first-order valence-corrected chi connectivity index (χ1v) is 15.3. The summed E-state index contributed by atoms with van der Waals surface area (Å²) in [5, 5.41) is 5.49. The molecule has 42 heavy (non-hydrogen) atoms. The number of nitrogens with one attached hydrogen (secondary N) is 2. The predicted molar refractivity (Wildman–Crippen MR) is 162 cm³/mol. The number of rotatable bonds is 14. The highest BCUT2D eigenvalue weighted by Gasteiger charge is 2.36. The second kappa shape index (κ2) is 15.9. The number of benzene rings is 2. The van der Waals surface area contributed by atoms with Crippen LogP contribution in [0.15, 0.2) is 66.7 Å². The summed E-state index contributed by atoms with van der Waals surface area (Å²) in [5.74, 6) is -2.71. The van der Waals surface area contributed by atoms with Gasteiger partial charge in [0, 0.05) is 31.2 Å². The van der Waals surface area contributed by atoms with Gasteiger partial charge in [-0.05, 0) is 48.8 Å². The Balaban J connectivity index is 1.47. The summed E-state index contributed by atoms with van der Waals surface area (Å²) in [6, 6.07) is 17.6. The largest absolute Gasteiger partial charge is 0.345 e. The molecule has 7 heteroatoms.